The molecule has 15 nitrogen and oxygen atoms in total. The largest absolute Gasteiger partial charge is 0.481 e. The maximum Gasteiger partial charge on any atom is 0.320 e. The summed E-state index contributed by atoms with van der Waals surface area (Å²) in [4.78, 5) is 72.7. The van der Waals surface area contributed by atoms with Gasteiger partial charge < -0.3 is 30.6 Å². The summed E-state index contributed by atoms with van der Waals surface area (Å²) in [7, 11) is 0. The Morgan fingerprint density at radius 1 is 0.686 bits per heavy atom. The van der Waals surface area contributed by atoms with Gasteiger partial charge in [0.1, 0.15) is 12.1 Å². The van der Waals surface area contributed by atoms with Gasteiger partial charge in [-0.15, -0.1) is 0 Å². The van der Waals surface area contributed by atoms with Crippen molar-refractivity contribution in [3.63, 3.8) is 0 Å². The molecule has 1 aliphatic rings. The van der Waals surface area contributed by atoms with Crippen molar-refractivity contribution in [2.24, 2.45) is 0 Å². The van der Waals surface area contributed by atoms with Crippen molar-refractivity contribution in [2.45, 2.75) is 50.2 Å². The van der Waals surface area contributed by atoms with Gasteiger partial charge in [0, 0.05) is 44.6 Å². The van der Waals surface area contributed by atoms with Crippen LogP contribution in [0, 0.1) is 0 Å². The third-order valence-electron chi connectivity index (χ3n) is 5.89. The molecular weight excluding hydrogens is 474 g/mol. The first-order chi connectivity index (χ1) is 16.2. The molecule has 0 aromatic carbocycles. The Labute approximate surface area is 200 Å². The van der Waals surface area contributed by atoms with E-state index in [-0.39, 0.29) is 39.0 Å². The van der Waals surface area contributed by atoms with Crippen LogP contribution in [0.4, 0.5) is 0 Å². The molecule has 35 heavy (non-hydrogen) atoms. The van der Waals surface area contributed by atoms with Crippen molar-refractivity contribution in [3.05, 3.63) is 0 Å². The van der Waals surface area contributed by atoms with Crippen LogP contribution in [0.1, 0.15) is 32.6 Å². The Morgan fingerprint density at radius 3 is 1.29 bits per heavy atom. The summed E-state index contributed by atoms with van der Waals surface area (Å²) in [5.74, 6) is -7.87. The third-order valence-corrected chi connectivity index (χ3v) is 5.89. The van der Waals surface area contributed by atoms with Gasteiger partial charge in [0.25, 0.3) is 0 Å². The van der Waals surface area contributed by atoms with Gasteiger partial charge in [-0.2, -0.15) is 0 Å². The lowest BCUT2D eigenvalue weighted by atomic mass is 9.95. The lowest BCUT2D eigenvalue weighted by Gasteiger charge is -2.44. The number of nitrogens with zero attached hydrogens (tertiary/aromatic N) is 3. The maximum absolute atomic E-state index is 12.0. The molecule has 1 saturated heterocycles. The van der Waals surface area contributed by atoms with E-state index in [1.54, 1.807) is 0 Å². The van der Waals surface area contributed by atoms with E-state index < -0.39 is 79.4 Å². The third kappa shape index (κ3) is 9.46. The van der Waals surface area contributed by atoms with E-state index in [9.17, 15) is 49.2 Å². The van der Waals surface area contributed by atoms with Gasteiger partial charge in [-0.25, -0.2) is 0 Å². The van der Waals surface area contributed by atoms with Crippen LogP contribution in [0.2, 0.25) is 0 Å². The molecule has 1 rings (SSSR count). The highest BCUT2D eigenvalue weighted by Gasteiger charge is 2.44. The van der Waals surface area contributed by atoms with E-state index in [0.29, 0.717) is 0 Å². The number of rotatable bonds is 15. The van der Waals surface area contributed by atoms with Crippen LogP contribution in [0.15, 0.2) is 0 Å². The van der Waals surface area contributed by atoms with Gasteiger partial charge in [0.05, 0.1) is 13.1 Å². The average molecular weight is 505 g/mol. The Balaban J connectivity index is 3.47. The second-order valence-corrected chi connectivity index (χ2v) is 8.65. The van der Waals surface area contributed by atoms with Crippen molar-refractivity contribution in [3.8, 4) is 0 Å². The molecule has 1 fully saturated rings. The molecule has 6 N–H and O–H groups in total. The summed E-state index contributed by atoms with van der Waals surface area (Å²) in [6, 6.07) is -2.63. The molecule has 198 valence electrons. The Kier molecular flexibility index (Phi) is 11.0. The fraction of sp³-hybridized carbons (Fsp3) is 0.700. The number of carboxylic acids is 6. The predicted molar refractivity (Wildman–Crippen MR) is 115 cm³/mol. The molecule has 1 heterocycles. The Hall–Kier alpha value is -3.30. The fourth-order valence-electron chi connectivity index (χ4n) is 4.28. The molecule has 0 aromatic rings. The lowest BCUT2D eigenvalue weighted by molar-refractivity contribution is -0.150. The highest BCUT2D eigenvalue weighted by atomic mass is 16.4. The monoisotopic (exact) mass is 505 g/mol. The standard InChI is InChI=1S/C20H31N3O12/c1-20(23(8-16(28)29)9-17(30)31)10-21(12(18(32)33)2-4-14(24)25)6-7-22(11-20)13(19(34)35)3-5-15(26)27/h12-13H,2-11H2,1H3,(H,24,25)(H,26,27)(H,28,29)(H,30,31)(H,32,33)(H,34,35)/t12-,13-/m1/s1. The first-order valence-electron chi connectivity index (χ1n) is 10.7. The number of carboxylic acid groups (broad SMARTS) is 6. The van der Waals surface area contributed by atoms with E-state index >= 15 is 0 Å². The van der Waals surface area contributed by atoms with Crippen LogP contribution in [0.3, 0.4) is 0 Å². The number of hydrogen-bond donors (Lipinski definition) is 6. The van der Waals surface area contributed by atoms with Gasteiger partial charge >= 0.3 is 35.8 Å². The van der Waals surface area contributed by atoms with Gasteiger partial charge in [-0.05, 0) is 19.8 Å². The highest BCUT2D eigenvalue weighted by Crippen LogP contribution is 2.26. The molecule has 0 bridgehead atoms. The zero-order valence-corrected chi connectivity index (χ0v) is 19.2. The molecule has 15 heteroatoms. The van der Waals surface area contributed by atoms with Gasteiger partial charge in [-0.1, -0.05) is 0 Å². The van der Waals surface area contributed by atoms with Gasteiger partial charge in [0.15, 0.2) is 0 Å². The zero-order valence-electron chi connectivity index (χ0n) is 19.2. The first-order valence-corrected chi connectivity index (χ1v) is 10.7. The van der Waals surface area contributed by atoms with Crippen LogP contribution in [0.5, 0.6) is 0 Å². The van der Waals surface area contributed by atoms with Crippen LogP contribution in [0.25, 0.3) is 0 Å². The van der Waals surface area contributed by atoms with Crippen LogP contribution in [-0.2, 0) is 28.8 Å². The maximum atomic E-state index is 12.0. The average Bonchev–Trinajstić information content (AvgIpc) is 2.86. The van der Waals surface area contributed by atoms with E-state index in [2.05, 4.69) is 0 Å². The molecule has 0 saturated carbocycles. The van der Waals surface area contributed by atoms with Crippen LogP contribution in [-0.4, -0.2) is 138 Å². The summed E-state index contributed by atoms with van der Waals surface area (Å²) in [5, 5.41) is 56.1. The van der Waals surface area contributed by atoms with Gasteiger partial charge in [0.2, 0.25) is 0 Å². The number of carbonyl (C=O) groups is 6. The molecule has 0 spiro atoms. The number of hydrogen-bond acceptors (Lipinski definition) is 9. The van der Waals surface area contributed by atoms with Crippen molar-refractivity contribution in [2.75, 3.05) is 39.3 Å². The van der Waals surface area contributed by atoms with Crippen molar-refractivity contribution < 1.29 is 59.4 Å². The summed E-state index contributed by atoms with van der Waals surface area (Å²) >= 11 is 0. The Morgan fingerprint density at radius 2 is 1.03 bits per heavy atom. The van der Waals surface area contributed by atoms with Crippen molar-refractivity contribution in [1.29, 1.82) is 0 Å². The highest BCUT2D eigenvalue weighted by molar-refractivity contribution is 5.76. The minimum Gasteiger partial charge on any atom is -0.481 e. The van der Waals surface area contributed by atoms with Gasteiger partial charge in [-0.3, -0.25) is 43.5 Å². The SMILES string of the molecule is CC1(N(CC(=O)O)CC(=O)O)CN([C@H](CCC(=O)O)C(=O)O)CCN([C@H](CCC(=O)O)C(=O)O)C1. The summed E-state index contributed by atoms with van der Waals surface area (Å²) in [6.07, 6.45) is -1.53. The molecule has 0 aliphatic carbocycles. The second kappa shape index (κ2) is 13.0. The predicted octanol–water partition coefficient (Wildman–Crippen LogP) is -1.53. The van der Waals surface area contributed by atoms with E-state index in [0.717, 1.165) is 4.90 Å². The molecule has 0 unspecified atom stereocenters. The normalized spacial score (nSPS) is 18.3. The quantitative estimate of drug-likeness (QED) is 0.148. The number of aliphatic carboxylic acids is 6. The topological polar surface area (TPSA) is 234 Å². The van der Waals surface area contributed by atoms with E-state index in [1.807, 2.05) is 0 Å². The van der Waals surface area contributed by atoms with Crippen molar-refractivity contribution >= 4 is 35.8 Å². The second-order valence-electron chi connectivity index (χ2n) is 8.65. The molecule has 1 aliphatic heterocycles. The molecule has 0 aromatic heterocycles. The lowest BCUT2D eigenvalue weighted by Crippen LogP contribution is -2.62. The first kappa shape index (κ1) is 29.7. The minimum absolute atomic E-state index is 0.0585. The molecular formula is C20H31N3O12. The van der Waals surface area contributed by atoms with Crippen LogP contribution < -0.4 is 0 Å². The summed E-state index contributed by atoms with van der Waals surface area (Å²) < 4.78 is 0. The smallest absolute Gasteiger partial charge is 0.320 e. The van der Waals surface area contributed by atoms with Crippen LogP contribution >= 0.6 is 0 Å². The van der Waals surface area contributed by atoms with E-state index in [1.165, 1.54) is 16.7 Å². The minimum atomic E-state index is -1.40. The Bertz CT molecular complexity index is 770. The van der Waals surface area contributed by atoms with E-state index in [4.69, 9.17) is 10.2 Å². The zero-order chi connectivity index (χ0) is 26.9. The molecule has 0 radical (unpaired) electrons. The summed E-state index contributed by atoms with van der Waals surface area (Å²) in [5.41, 5.74) is -1.40. The molecule has 2 atom stereocenters. The molecule has 0 amide bonds. The fourth-order valence-corrected chi connectivity index (χ4v) is 4.28. The summed E-state index contributed by atoms with van der Waals surface area (Å²) in [6.45, 7) is -0.545. The van der Waals surface area contributed by atoms with Crippen molar-refractivity contribution in [1.82, 2.24) is 14.7 Å².